The summed E-state index contributed by atoms with van der Waals surface area (Å²) >= 11 is 5.53. The number of rotatable bonds is 6. The molecule has 114 valence electrons. The standard InChI is InChI=1S/C11H15ClFNO4S2/c1-14(5-6-19(2,15)16)20(17,18)10-3-4-11(13)9(7-10)8-12/h3-4,7H,5-6,8H2,1-2H3. The summed E-state index contributed by atoms with van der Waals surface area (Å²) in [4.78, 5) is -0.120. The van der Waals surface area contributed by atoms with Gasteiger partial charge in [0.15, 0.2) is 0 Å². The van der Waals surface area contributed by atoms with Crippen LogP contribution in [0.15, 0.2) is 23.1 Å². The number of benzene rings is 1. The molecule has 0 amide bonds. The summed E-state index contributed by atoms with van der Waals surface area (Å²) < 4.78 is 60.7. The van der Waals surface area contributed by atoms with Crippen molar-refractivity contribution < 1.29 is 21.2 Å². The monoisotopic (exact) mass is 343 g/mol. The van der Waals surface area contributed by atoms with E-state index in [0.29, 0.717) is 0 Å². The van der Waals surface area contributed by atoms with Gasteiger partial charge in [-0.15, -0.1) is 11.6 Å². The molecule has 0 radical (unpaired) electrons. The zero-order chi connectivity index (χ0) is 15.6. The fourth-order valence-electron chi connectivity index (χ4n) is 1.41. The third-order valence-corrected chi connectivity index (χ3v) is 5.71. The van der Waals surface area contributed by atoms with Crippen molar-refractivity contribution in [2.45, 2.75) is 10.8 Å². The Morgan fingerprint density at radius 3 is 2.35 bits per heavy atom. The molecular formula is C11H15ClFNO4S2. The molecule has 0 aliphatic heterocycles. The van der Waals surface area contributed by atoms with Gasteiger partial charge in [0.05, 0.1) is 16.5 Å². The second-order valence-electron chi connectivity index (χ2n) is 4.34. The number of nitrogens with zero attached hydrogens (tertiary/aromatic N) is 1. The van der Waals surface area contributed by atoms with Crippen LogP contribution in [-0.4, -0.2) is 46.7 Å². The summed E-state index contributed by atoms with van der Waals surface area (Å²) in [5.74, 6) is -1.02. The SMILES string of the molecule is CN(CCS(C)(=O)=O)S(=O)(=O)c1ccc(F)c(CCl)c1. The highest BCUT2D eigenvalue weighted by atomic mass is 35.5. The largest absolute Gasteiger partial charge is 0.242 e. The van der Waals surface area contributed by atoms with Crippen LogP contribution in [-0.2, 0) is 25.7 Å². The van der Waals surface area contributed by atoms with Gasteiger partial charge in [-0.1, -0.05) is 0 Å². The van der Waals surface area contributed by atoms with E-state index >= 15 is 0 Å². The Morgan fingerprint density at radius 1 is 1.25 bits per heavy atom. The normalized spacial score (nSPS) is 12.8. The molecule has 1 aromatic rings. The Hall–Kier alpha value is -0.700. The first-order chi connectivity index (χ1) is 9.08. The molecule has 0 saturated carbocycles. The summed E-state index contributed by atoms with van der Waals surface area (Å²) in [6.45, 7) is -0.172. The lowest BCUT2D eigenvalue weighted by Crippen LogP contribution is -2.31. The lowest BCUT2D eigenvalue weighted by Gasteiger charge is -2.17. The van der Waals surface area contributed by atoms with Gasteiger partial charge in [0, 0.05) is 25.4 Å². The van der Waals surface area contributed by atoms with Crippen LogP contribution in [0.5, 0.6) is 0 Å². The van der Waals surface area contributed by atoms with Crippen LogP contribution in [0.3, 0.4) is 0 Å². The molecule has 1 rings (SSSR count). The van der Waals surface area contributed by atoms with E-state index in [-0.39, 0.29) is 28.6 Å². The van der Waals surface area contributed by atoms with E-state index in [4.69, 9.17) is 11.6 Å². The quantitative estimate of drug-likeness (QED) is 0.728. The lowest BCUT2D eigenvalue weighted by molar-refractivity contribution is 0.484. The van der Waals surface area contributed by atoms with Gasteiger partial charge in [-0.2, -0.15) is 4.31 Å². The summed E-state index contributed by atoms with van der Waals surface area (Å²) in [5, 5.41) is 0. The number of sulfone groups is 1. The van der Waals surface area contributed by atoms with Crippen molar-refractivity contribution in [2.24, 2.45) is 0 Å². The molecule has 5 nitrogen and oxygen atoms in total. The fourth-order valence-corrected chi connectivity index (χ4v) is 3.56. The second-order valence-corrected chi connectivity index (χ2v) is 8.92. The molecule has 1 aromatic carbocycles. The molecule has 0 atom stereocenters. The highest BCUT2D eigenvalue weighted by Crippen LogP contribution is 2.19. The Morgan fingerprint density at radius 2 is 1.85 bits per heavy atom. The zero-order valence-electron chi connectivity index (χ0n) is 11.0. The molecule has 0 fully saturated rings. The highest BCUT2D eigenvalue weighted by molar-refractivity contribution is 7.91. The minimum absolute atomic E-state index is 0.0734. The predicted molar refractivity (Wildman–Crippen MR) is 75.5 cm³/mol. The molecule has 9 heteroatoms. The molecule has 0 unspecified atom stereocenters. The van der Waals surface area contributed by atoms with E-state index in [9.17, 15) is 21.2 Å². The van der Waals surface area contributed by atoms with Crippen LogP contribution < -0.4 is 0 Å². The first-order valence-electron chi connectivity index (χ1n) is 5.56. The van der Waals surface area contributed by atoms with Gasteiger partial charge in [0.25, 0.3) is 0 Å². The van der Waals surface area contributed by atoms with Crippen molar-refractivity contribution >= 4 is 31.5 Å². The minimum atomic E-state index is -3.87. The smallest absolute Gasteiger partial charge is 0.229 e. The molecule has 0 spiro atoms. The molecule has 0 aliphatic rings. The van der Waals surface area contributed by atoms with E-state index in [1.54, 1.807) is 0 Å². The van der Waals surface area contributed by atoms with Gasteiger partial charge in [-0.3, -0.25) is 0 Å². The number of sulfonamides is 1. The van der Waals surface area contributed by atoms with Gasteiger partial charge in [-0.25, -0.2) is 21.2 Å². The minimum Gasteiger partial charge on any atom is -0.229 e. The number of alkyl halides is 1. The fraction of sp³-hybridized carbons (Fsp3) is 0.455. The Bertz CT molecular complexity index is 688. The predicted octanol–water partition coefficient (Wildman–Crippen LogP) is 1.23. The van der Waals surface area contributed by atoms with E-state index in [1.165, 1.54) is 7.05 Å². The molecule has 0 aromatic heterocycles. The highest BCUT2D eigenvalue weighted by Gasteiger charge is 2.22. The lowest BCUT2D eigenvalue weighted by atomic mass is 10.2. The van der Waals surface area contributed by atoms with E-state index in [1.807, 2.05) is 0 Å². The van der Waals surface area contributed by atoms with Crippen molar-refractivity contribution in [3.63, 3.8) is 0 Å². The summed E-state index contributed by atoms with van der Waals surface area (Å²) in [6, 6.07) is 3.29. The summed E-state index contributed by atoms with van der Waals surface area (Å²) in [6.07, 6.45) is 1.02. The van der Waals surface area contributed by atoms with Crippen LogP contribution in [0.2, 0.25) is 0 Å². The van der Waals surface area contributed by atoms with Crippen LogP contribution in [0.4, 0.5) is 4.39 Å². The summed E-state index contributed by atoms with van der Waals surface area (Å²) in [5.41, 5.74) is 0.0734. The zero-order valence-corrected chi connectivity index (χ0v) is 13.4. The maximum absolute atomic E-state index is 13.3. The van der Waals surface area contributed by atoms with E-state index < -0.39 is 25.7 Å². The van der Waals surface area contributed by atoms with Gasteiger partial charge in [-0.05, 0) is 18.2 Å². The summed E-state index contributed by atoms with van der Waals surface area (Å²) in [7, 11) is -5.87. The Labute approximate surface area is 123 Å². The van der Waals surface area contributed by atoms with Crippen LogP contribution in [0, 0.1) is 5.82 Å². The Balaban J connectivity index is 3.04. The maximum Gasteiger partial charge on any atom is 0.242 e. The van der Waals surface area contributed by atoms with E-state index in [0.717, 1.165) is 28.8 Å². The number of hydrogen-bond donors (Lipinski definition) is 0. The average molecular weight is 344 g/mol. The first kappa shape index (κ1) is 17.4. The van der Waals surface area contributed by atoms with E-state index in [2.05, 4.69) is 0 Å². The van der Waals surface area contributed by atoms with Crippen LogP contribution >= 0.6 is 11.6 Å². The van der Waals surface area contributed by atoms with Crippen molar-refractivity contribution in [1.29, 1.82) is 0 Å². The van der Waals surface area contributed by atoms with Crippen LogP contribution in [0.1, 0.15) is 5.56 Å². The first-order valence-corrected chi connectivity index (χ1v) is 9.60. The maximum atomic E-state index is 13.3. The second kappa shape index (κ2) is 6.38. The van der Waals surface area contributed by atoms with Crippen molar-refractivity contribution in [3.05, 3.63) is 29.6 Å². The van der Waals surface area contributed by atoms with Crippen molar-refractivity contribution in [3.8, 4) is 0 Å². The van der Waals surface area contributed by atoms with Gasteiger partial charge < -0.3 is 0 Å². The van der Waals surface area contributed by atoms with Crippen LogP contribution in [0.25, 0.3) is 0 Å². The third-order valence-electron chi connectivity index (χ3n) is 2.65. The molecule has 0 heterocycles. The number of hydrogen-bond acceptors (Lipinski definition) is 4. The molecular weight excluding hydrogens is 329 g/mol. The molecule has 20 heavy (non-hydrogen) atoms. The van der Waals surface area contributed by atoms with Crippen molar-refractivity contribution in [2.75, 3.05) is 25.6 Å². The van der Waals surface area contributed by atoms with Gasteiger partial charge in [0.2, 0.25) is 10.0 Å². The number of halogens is 2. The third kappa shape index (κ3) is 4.41. The van der Waals surface area contributed by atoms with Gasteiger partial charge in [0.1, 0.15) is 15.7 Å². The molecule has 0 aliphatic carbocycles. The Kier molecular flexibility index (Phi) is 5.54. The van der Waals surface area contributed by atoms with Crippen molar-refractivity contribution in [1.82, 2.24) is 4.31 Å². The topological polar surface area (TPSA) is 71.5 Å². The van der Waals surface area contributed by atoms with Gasteiger partial charge >= 0.3 is 0 Å². The molecule has 0 saturated heterocycles. The molecule has 0 N–H and O–H groups in total. The molecule has 0 bridgehead atoms. The average Bonchev–Trinajstić information content (AvgIpc) is 2.35.